The van der Waals surface area contributed by atoms with Crippen molar-refractivity contribution in [2.75, 3.05) is 6.54 Å². The van der Waals surface area contributed by atoms with Crippen LogP contribution in [0.25, 0.3) is 0 Å². The molecule has 1 fully saturated rings. The second-order valence-electron chi connectivity index (χ2n) is 6.31. The zero-order valence-electron chi connectivity index (χ0n) is 12.4. The van der Waals surface area contributed by atoms with Crippen LogP contribution in [0.2, 0.25) is 0 Å². The van der Waals surface area contributed by atoms with Crippen LogP contribution in [-0.4, -0.2) is 29.7 Å². The van der Waals surface area contributed by atoms with E-state index in [0.717, 1.165) is 6.42 Å². The molecule has 0 bridgehead atoms. The van der Waals surface area contributed by atoms with Crippen molar-refractivity contribution in [3.8, 4) is 0 Å². The topological polar surface area (TPSA) is 75.4 Å². The van der Waals surface area contributed by atoms with Crippen LogP contribution in [0.3, 0.4) is 0 Å². The molecule has 4 N–H and O–H groups in total. The van der Waals surface area contributed by atoms with E-state index in [0.29, 0.717) is 24.8 Å². The highest BCUT2D eigenvalue weighted by atomic mass is 16.3. The van der Waals surface area contributed by atoms with E-state index in [9.17, 15) is 9.90 Å². The molecule has 0 spiro atoms. The van der Waals surface area contributed by atoms with Gasteiger partial charge in [0, 0.05) is 6.54 Å². The lowest BCUT2D eigenvalue weighted by atomic mass is 9.85. The number of carbonyl (C=O) groups is 1. The molecule has 0 radical (unpaired) electrons. The molecule has 4 nitrogen and oxygen atoms in total. The summed E-state index contributed by atoms with van der Waals surface area (Å²) >= 11 is 0. The summed E-state index contributed by atoms with van der Waals surface area (Å²) in [5.74, 6) is 0.884. The van der Waals surface area contributed by atoms with Crippen LogP contribution < -0.4 is 11.1 Å². The lowest BCUT2D eigenvalue weighted by Gasteiger charge is -2.24. The molecule has 1 aliphatic carbocycles. The molecule has 1 amide bonds. The first-order chi connectivity index (χ1) is 9.00. The van der Waals surface area contributed by atoms with Gasteiger partial charge in [-0.3, -0.25) is 4.79 Å². The highest BCUT2D eigenvalue weighted by molar-refractivity contribution is 5.82. The van der Waals surface area contributed by atoms with Gasteiger partial charge in [-0.2, -0.15) is 0 Å². The third-order valence-electron chi connectivity index (χ3n) is 4.00. The maximum atomic E-state index is 11.7. The van der Waals surface area contributed by atoms with Gasteiger partial charge < -0.3 is 16.2 Å². The first-order valence-electron chi connectivity index (χ1n) is 7.72. The van der Waals surface area contributed by atoms with Gasteiger partial charge in [0.25, 0.3) is 0 Å². The Labute approximate surface area is 117 Å². The van der Waals surface area contributed by atoms with E-state index in [2.05, 4.69) is 5.32 Å². The predicted octanol–water partition coefficient (Wildman–Crippen LogP) is 1.81. The van der Waals surface area contributed by atoms with E-state index in [-0.39, 0.29) is 5.91 Å². The summed E-state index contributed by atoms with van der Waals surface area (Å²) in [7, 11) is 0. The van der Waals surface area contributed by atoms with Crippen LogP contribution in [0, 0.1) is 11.8 Å². The Balaban J connectivity index is 2.22. The lowest BCUT2D eigenvalue weighted by molar-refractivity contribution is -0.125. The summed E-state index contributed by atoms with van der Waals surface area (Å²) in [4.78, 5) is 11.7. The molecule has 112 valence electrons. The zero-order valence-corrected chi connectivity index (χ0v) is 12.4. The van der Waals surface area contributed by atoms with Crippen molar-refractivity contribution >= 4 is 5.91 Å². The molecular formula is C15H30N2O2. The minimum atomic E-state index is -0.789. The first-order valence-corrected chi connectivity index (χ1v) is 7.72. The zero-order chi connectivity index (χ0) is 14.3. The highest BCUT2D eigenvalue weighted by Gasteiger charge is 2.24. The van der Waals surface area contributed by atoms with Crippen molar-refractivity contribution in [2.24, 2.45) is 17.6 Å². The van der Waals surface area contributed by atoms with Gasteiger partial charge in [0.1, 0.15) is 6.04 Å². The third kappa shape index (κ3) is 6.39. The molecule has 0 unspecified atom stereocenters. The number of hydrogen-bond acceptors (Lipinski definition) is 3. The molecule has 0 saturated heterocycles. The minimum Gasteiger partial charge on any atom is -0.391 e. The Morgan fingerprint density at radius 3 is 2.53 bits per heavy atom. The quantitative estimate of drug-likeness (QED) is 0.660. The van der Waals surface area contributed by atoms with Crippen LogP contribution in [0.15, 0.2) is 0 Å². The van der Waals surface area contributed by atoms with Gasteiger partial charge in [0.2, 0.25) is 5.91 Å². The fourth-order valence-electron chi connectivity index (χ4n) is 2.66. The molecule has 0 aromatic carbocycles. The van der Waals surface area contributed by atoms with E-state index < -0.39 is 12.1 Å². The fourth-order valence-corrected chi connectivity index (χ4v) is 2.66. The van der Waals surface area contributed by atoms with Crippen molar-refractivity contribution in [1.82, 2.24) is 5.32 Å². The van der Waals surface area contributed by atoms with Gasteiger partial charge in [-0.1, -0.05) is 46.0 Å². The SMILES string of the molecule is CC(C)CNC(=O)[C@@H](N)[C@@H](O)CCC1CCCCC1. The van der Waals surface area contributed by atoms with Crippen molar-refractivity contribution in [1.29, 1.82) is 0 Å². The molecule has 4 heteroatoms. The van der Waals surface area contributed by atoms with Crippen molar-refractivity contribution < 1.29 is 9.90 Å². The van der Waals surface area contributed by atoms with E-state index >= 15 is 0 Å². The van der Waals surface area contributed by atoms with Crippen LogP contribution in [-0.2, 0) is 4.79 Å². The molecule has 2 atom stereocenters. The van der Waals surface area contributed by atoms with E-state index in [1.165, 1.54) is 32.1 Å². The molecule has 19 heavy (non-hydrogen) atoms. The summed E-state index contributed by atoms with van der Waals surface area (Å²) in [6.45, 7) is 4.68. The van der Waals surface area contributed by atoms with Gasteiger partial charge >= 0.3 is 0 Å². The monoisotopic (exact) mass is 270 g/mol. The van der Waals surface area contributed by atoms with Crippen LogP contribution in [0.5, 0.6) is 0 Å². The Morgan fingerprint density at radius 2 is 1.95 bits per heavy atom. The summed E-state index contributed by atoms with van der Waals surface area (Å²) < 4.78 is 0. The summed E-state index contributed by atoms with van der Waals surface area (Å²) in [5.41, 5.74) is 5.80. The number of aliphatic hydroxyl groups is 1. The van der Waals surface area contributed by atoms with Crippen LogP contribution in [0.4, 0.5) is 0 Å². The average Bonchev–Trinajstić information content (AvgIpc) is 2.42. The Kier molecular flexibility index (Phi) is 7.39. The molecular weight excluding hydrogens is 240 g/mol. The van der Waals surface area contributed by atoms with Gasteiger partial charge in [0.05, 0.1) is 6.10 Å². The molecule has 0 aromatic rings. The minimum absolute atomic E-state index is 0.232. The highest BCUT2D eigenvalue weighted by Crippen LogP contribution is 2.27. The lowest BCUT2D eigenvalue weighted by Crippen LogP contribution is -2.49. The van der Waals surface area contributed by atoms with Crippen LogP contribution in [0.1, 0.15) is 58.8 Å². The Bertz CT molecular complexity index is 263. The first kappa shape index (κ1) is 16.4. The Hall–Kier alpha value is -0.610. The van der Waals surface area contributed by atoms with Crippen LogP contribution >= 0.6 is 0 Å². The number of amides is 1. The summed E-state index contributed by atoms with van der Waals surface area (Å²) in [5, 5.41) is 12.8. The maximum Gasteiger partial charge on any atom is 0.239 e. The van der Waals surface area contributed by atoms with Crippen molar-refractivity contribution in [3.05, 3.63) is 0 Å². The van der Waals surface area contributed by atoms with Gasteiger partial charge in [-0.25, -0.2) is 0 Å². The average molecular weight is 270 g/mol. The number of rotatable bonds is 7. The smallest absolute Gasteiger partial charge is 0.239 e. The van der Waals surface area contributed by atoms with Gasteiger partial charge in [0.15, 0.2) is 0 Å². The second-order valence-corrected chi connectivity index (χ2v) is 6.31. The molecule has 0 aliphatic heterocycles. The van der Waals surface area contributed by atoms with Crippen molar-refractivity contribution in [3.63, 3.8) is 0 Å². The largest absolute Gasteiger partial charge is 0.391 e. The predicted molar refractivity (Wildman–Crippen MR) is 77.6 cm³/mol. The van der Waals surface area contributed by atoms with Crippen molar-refractivity contribution in [2.45, 2.75) is 70.9 Å². The second kappa shape index (κ2) is 8.54. The number of aliphatic hydroxyl groups excluding tert-OH is 1. The van der Waals surface area contributed by atoms with E-state index in [1.807, 2.05) is 13.8 Å². The third-order valence-corrected chi connectivity index (χ3v) is 4.00. The van der Waals surface area contributed by atoms with Gasteiger partial charge in [-0.15, -0.1) is 0 Å². The number of hydrogen-bond donors (Lipinski definition) is 3. The summed E-state index contributed by atoms with van der Waals surface area (Å²) in [6.07, 6.45) is 7.41. The summed E-state index contributed by atoms with van der Waals surface area (Å²) in [6, 6.07) is -0.789. The fraction of sp³-hybridized carbons (Fsp3) is 0.933. The van der Waals surface area contributed by atoms with Gasteiger partial charge in [-0.05, 0) is 24.7 Å². The molecule has 1 rings (SSSR count). The molecule has 0 aromatic heterocycles. The molecule has 1 aliphatic rings. The molecule has 1 saturated carbocycles. The van der Waals surface area contributed by atoms with E-state index in [4.69, 9.17) is 5.73 Å². The number of nitrogens with two attached hydrogens (primary N) is 1. The van der Waals surface area contributed by atoms with E-state index in [1.54, 1.807) is 0 Å². The normalized spacial score (nSPS) is 20.3. The molecule has 0 heterocycles. The number of carbonyl (C=O) groups excluding carboxylic acids is 1. The maximum absolute atomic E-state index is 11.7. The Morgan fingerprint density at radius 1 is 1.32 bits per heavy atom. The number of nitrogens with one attached hydrogen (secondary N) is 1. The standard InChI is InChI=1S/C15H30N2O2/c1-11(2)10-17-15(19)14(16)13(18)9-8-12-6-4-3-5-7-12/h11-14,18H,3-10,16H2,1-2H3,(H,17,19)/t13-,14-/m0/s1.